The molecule has 0 radical (unpaired) electrons. The summed E-state index contributed by atoms with van der Waals surface area (Å²) in [7, 11) is 3.80. The van der Waals surface area contributed by atoms with Crippen molar-refractivity contribution in [1.82, 2.24) is 5.32 Å². The monoisotopic (exact) mass is 312 g/mol. The zero-order chi connectivity index (χ0) is 13.0. The van der Waals surface area contributed by atoms with E-state index >= 15 is 0 Å². The van der Waals surface area contributed by atoms with Gasteiger partial charge in [0.15, 0.2) is 0 Å². The van der Waals surface area contributed by atoms with Gasteiger partial charge < -0.3 is 15.0 Å². The number of nitrogens with zero attached hydrogens (tertiary/aromatic N) is 1. The Morgan fingerprint density at radius 3 is 2.72 bits per heavy atom. The molecule has 1 heterocycles. The molecule has 1 saturated heterocycles. The van der Waals surface area contributed by atoms with Crippen LogP contribution in [0.2, 0.25) is 0 Å². The molecule has 0 bridgehead atoms. The standard InChI is InChI=1S/C14H21BrN2O/c1-16-10-11-3-4-12(15)9-14(11)17-7-5-13(18-2)6-8-17/h3-4,9,13,16H,5-8,10H2,1-2H3. The highest BCUT2D eigenvalue weighted by Gasteiger charge is 2.20. The van der Waals surface area contributed by atoms with Gasteiger partial charge in [-0.1, -0.05) is 22.0 Å². The highest BCUT2D eigenvalue weighted by Crippen LogP contribution is 2.28. The molecule has 3 nitrogen and oxygen atoms in total. The molecule has 1 fully saturated rings. The molecule has 1 aliphatic rings. The van der Waals surface area contributed by atoms with E-state index in [2.05, 4.69) is 44.3 Å². The Morgan fingerprint density at radius 1 is 1.39 bits per heavy atom. The fourth-order valence-corrected chi connectivity index (χ4v) is 2.85. The van der Waals surface area contributed by atoms with Crippen molar-refractivity contribution in [1.29, 1.82) is 0 Å². The summed E-state index contributed by atoms with van der Waals surface area (Å²) in [6.07, 6.45) is 2.66. The summed E-state index contributed by atoms with van der Waals surface area (Å²) in [6, 6.07) is 6.52. The van der Waals surface area contributed by atoms with E-state index in [-0.39, 0.29) is 0 Å². The van der Waals surface area contributed by atoms with E-state index in [4.69, 9.17) is 4.74 Å². The number of hydrogen-bond donors (Lipinski definition) is 1. The van der Waals surface area contributed by atoms with E-state index < -0.39 is 0 Å². The Hall–Kier alpha value is -0.580. The summed E-state index contributed by atoms with van der Waals surface area (Å²) in [5.41, 5.74) is 2.70. The van der Waals surface area contributed by atoms with Gasteiger partial charge in [0.25, 0.3) is 0 Å². The summed E-state index contributed by atoms with van der Waals surface area (Å²) in [4.78, 5) is 2.47. The van der Waals surface area contributed by atoms with E-state index in [0.29, 0.717) is 6.10 Å². The predicted molar refractivity (Wildman–Crippen MR) is 79.1 cm³/mol. The Morgan fingerprint density at radius 2 is 2.11 bits per heavy atom. The number of anilines is 1. The molecule has 0 spiro atoms. The van der Waals surface area contributed by atoms with E-state index in [1.807, 2.05) is 14.2 Å². The third-order valence-electron chi connectivity index (χ3n) is 3.53. The number of ether oxygens (including phenoxy) is 1. The van der Waals surface area contributed by atoms with Crippen LogP contribution in [0.25, 0.3) is 0 Å². The third kappa shape index (κ3) is 3.25. The molecular formula is C14H21BrN2O. The highest BCUT2D eigenvalue weighted by atomic mass is 79.9. The largest absolute Gasteiger partial charge is 0.381 e. The molecule has 0 saturated carbocycles. The number of methoxy groups -OCH3 is 1. The first-order valence-corrected chi connectivity index (χ1v) is 7.24. The molecule has 1 aromatic carbocycles. The zero-order valence-electron chi connectivity index (χ0n) is 11.1. The van der Waals surface area contributed by atoms with Crippen molar-refractivity contribution in [2.45, 2.75) is 25.5 Å². The lowest BCUT2D eigenvalue weighted by Gasteiger charge is -2.34. The van der Waals surface area contributed by atoms with Gasteiger partial charge in [0.1, 0.15) is 0 Å². The second kappa shape index (κ2) is 6.55. The SMILES string of the molecule is CNCc1ccc(Br)cc1N1CCC(OC)CC1. The van der Waals surface area contributed by atoms with Crippen LogP contribution in [-0.2, 0) is 11.3 Å². The summed E-state index contributed by atoms with van der Waals surface area (Å²) < 4.78 is 6.57. The van der Waals surface area contributed by atoms with Gasteiger partial charge in [-0.25, -0.2) is 0 Å². The van der Waals surface area contributed by atoms with Gasteiger partial charge in [-0.15, -0.1) is 0 Å². The molecule has 2 rings (SSSR count). The number of piperidine rings is 1. The fraction of sp³-hybridized carbons (Fsp3) is 0.571. The van der Waals surface area contributed by atoms with Crippen LogP contribution in [0.3, 0.4) is 0 Å². The van der Waals surface area contributed by atoms with Crippen LogP contribution in [0.15, 0.2) is 22.7 Å². The second-order valence-corrected chi connectivity index (χ2v) is 5.64. The number of halogens is 1. The Kier molecular flexibility index (Phi) is 5.03. The van der Waals surface area contributed by atoms with Gasteiger partial charge in [0.2, 0.25) is 0 Å². The average molecular weight is 313 g/mol. The molecule has 0 atom stereocenters. The van der Waals surface area contributed by atoms with Gasteiger partial charge in [0.05, 0.1) is 6.10 Å². The van der Waals surface area contributed by atoms with E-state index in [1.165, 1.54) is 11.3 Å². The summed E-state index contributed by atoms with van der Waals surface area (Å²) >= 11 is 3.57. The van der Waals surface area contributed by atoms with E-state index in [0.717, 1.165) is 36.9 Å². The average Bonchev–Trinajstić information content (AvgIpc) is 2.41. The molecule has 1 N–H and O–H groups in total. The topological polar surface area (TPSA) is 24.5 Å². The van der Waals surface area contributed by atoms with Crippen LogP contribution in [0.1, 0.15) is 18.4 Å². The zero-order valence-corrected chi connectivity index (χ0v) is 12.7. The molecule has 0 aromatic heterocycles. The van der Waals surface area contributed by atoms with Crippen LogP contribution >= 0.6 is 15.9 Å². The fourth-order valence-electron chi connectivity index (χ4n) is 2.50. The lowest BCUT2D eigenvalue weighted by atomic mass is 10.0. The van der Waals surface area contributed by atoms with Crippen molar-refractivity contribution >= 4 is 21.6 Å². The Bertz CT molecular complexity index is 389. The van der Waals surface area contributed by atoms with E-state index in [9.17, 15) is 0 Å². The summed E-state index contributed by atoms with van der Waals surface area (Å²) in [5, 5.41) is 3.24. The smallest absolute Gasteiger partial charge is 0.0605 e. The van der Waals surface area contributed by atoms with Crippen LogP contribution in [0.4, 0.5) is 5.69 Å². The van der Waals surface area contributed by atoms with Crippen LogP contribution in [0, 0.1) is 0 Å². The minimum atomic E-state index is 0.432. The molecule has 1 aromatic rings. The van der Waals surface area contributed by atoms with Crippen molar-refractivity contribution in [3.8, 4) is 0 Å². The van der Waals surface area contributed by atoms with Crippen LogP contribution in [0.5, 0.6) is 0 Å². The first-order chi connectivity index (χ1) is 8.74. The number of benzene rings is 1. The number of nitrogens with one attached hydrogen (secondary N) is 1. The maximum atomic E-state index is 5.43. The normalized spacial score (nSPS) is 17.2. The second-order valence-electron chi connectivity index (χ2n) is 4.73. The van der Waals surface area contributed by atoms with E-state index in [1.54, 1.807) is 0 Å². The van der Waals surface area contributed by atoms with Gasteiger partial charge in [-0.3, -0.25) is 0 Å². The Labute approximate surface area is 118 Å². The number of rotatable bonds is 4. The molecule has 4 heteroatoms. The minimum absolute atomic E-state index is 0.432. The minimum Gasteiger partial charge on any atom is -0.381 e. The van der Waals surface area contributed by atoms with Gasteiger partial charge in [-0.2, -0.15) is 0 Å². The molecule has 1 aliphatic heterocycles. The molecular weight excluding hydrogens is 292 g/mol. The van der Waals surface area contributed by atoms with Gasteiger partial charge >= 0.3 is 0 Å². The van der Waals surface area contributed by atoms with Crippen molar-refractivity contribution in [2.75, 3.05) is 32.1 Å². The summed E-state index contributed by atoms with van der Waals surface area (Å²) in [6.45, 7) is 3.06. The highest BCUT2D eigenvalue weighted by molar-refractivity contribution is 9.10. The molecule has 18 heavy (non-hydrogen) atoms. The van der Waals surface area contributed by atoms with Crippen LogP contribution < -0.4 is 10.2 Å². The predicted octanol–water partition coefficient (Wildman–Crippen LogP) is 2.78. The van der Waals surface area contributed by atoms with Gasteiger partial charge in [0, 0.05) is 36.9 Å². The number of hydrogen-bond acceptors (Lipinski definition) is 3. The molecule has 0 amide bonds. The Balaban J connectivity index is 2.14. The van der Waals surface area contributed by atoms with Crippen molar-refractivity contribution in [3.05, 3.63) is 28.2 Å². The van der Waals surface area contributed by atoms with Crippen molar-refractivity contribution in [2.24, 2.45) is 0 Å². The molecule has 100 valence electrons. The van der Waals surface area contributed by atoms with Gasteiger partial charge in [-0.05, 0) is 37.6 Å². The maximum absolute atomic E-state index is 5.43. The maximum Gasteiger partial charge on any atom is 0.0605 e. The van der Waals surface area contributed by atoms with Crippen LogP contribution in [-0.4, -0.2) is 33.4 Å². The first-order valence-electron chi connectivity index (χ1n) is 6.45. The molecule has 0 unspecified atom stereocenters. The quantitative estimate of drug-likeness (QED) is 0.925. The lowest BCUT2D eigenvalue weighted by molar-refractivity contribution is 0.0819. The lowest BCUT2D eigenvalue weighted by Crippen LogP contribution is -2.37. The molecule has 0 aliphatic carbocycles. The third-order valence-corrected chi connectivity index (χ3v) is 4.02. The summed E-state index contributed by atoms with van der Waals surface area (Å²) in [5.74, 6) is 0. The first kappa shape index (κ1) is 13.8. The van der Waals surface area contributed by atoms with Crippen molar-refractivity contribution < 1.29 is 4.74 Å². The van der Waals surface area contributed by atoms with Crippen molar-refractivity contribution in [3.63, 3.8) is 0 Å².